The van der Waals surface area contributed by atoms with Crippen molar-refractivity contribution in [1.82, 2.24) is 0 Å². The molecule has 10 heteroatoms. The van der Waals surface area contributed by atoms with E-state index in [1.54, 1.807) is 12.1 Å². The predicted octanol–water partition coefficient (Wildman–Crippen LogP) is -5.27. The van der Waals surface area contributed by atoms with Crippen molar-refractivity contribution in [2.75, 3.05) is 0 Å². The molecule has 2 heterocycles. The third-order valence-corrected chi connectivity index (χ3v) is 3.65. The van der Waals surface area contributed by atoms with E-state index in [1.807, 2.05) is 0 Å². The molecule has 0 bridgehead atoms. The Hall–Kier alpha value is -1.46. The molecule has 0 spiro atoms. The maximum absolute atomic E-state index is 11.2. The Bertz CT molecular complexity index is 820. The summed E-state index contributed by atoms with van der Waals surface area (Å²) in [7, 11) is 0. The summed E-state index contributed by atoms with van der Waals surface area (Å²) in [6.45, 7) is 0. The minimum absolute atomic E-state index is 0. The summed E-state index contributed by atoms with van der Waals surface area (Å²) < 4.78 is 15.2. The SMILES string of the molecule is O=C([O-])C1O[C@H](Oc2ccc3ccc(=O)oc3c2)C(O)C(O)[C@H]1O.[Na+]. The molecular weight excluding hydrogens is 347 g/mol. The Morgan fingerprint density at radius 3 is 2.44 bits per heavy atom. The van der Waals surface area contributed by atoms with Crippen LogP contribution in [0.15, 0.2) is 39.5 Å². The summed E-state index contributed by atoms with van der Waals surface area (Å²) in [5.41, 5.74) is -0.355. The van der Waals surface area contributed by atoms with E-state index in [2.05, 4.69) is 0 Å². The molecule has 0 saturated carbocycles. The predicted molar refractivity (Wildman–Crippen MR) is 74.8 cm³/mol. The van der Waals surface area contributed by atoms with Crippen molar-refractivity contribution in [3.05, 3.63) is 40.8 Å². The van der Waals surface area contributed by atoms with Crippen LogP contribution in [0.3, 0.4) is 0 Å². The van der Waals surface area contributed by atoms with E-state index in [1.165, 1.54) is 18.2 Å². The molecular formula is C15H13NaO9. The second-order valence-corrected chi connectivity index (χ2v) is 5.29. The molecule has 3 rings (SSSR count). The van der Waals surface area contributed by atoms with Gasteiger partial charge in [-0.1, -0.05) is 0 Å². The van der Waals surface area contributed by atoms with Crippen LogP contribution in [0.1, 0.15) is 0 Å². The number of benzene rings is 1. The number of hydrogen-bond donors (Lipinski definition) is 3. The second-order valence-electron chi connectivity index (χ2n) is 5.29. The van der Waals surface area contributed by atoms with Crippen molar-refractivity contribution in [2.24, 2.45) is 0 Å². The van der Waals surface area contributed by atoms with Gasteiger partial charge in [0.2, 0.25) is 6.29 Å². The van der Waals surface area contributed by atoms with Gasteiger partial charge in [-0.3, -0.25) is 0 Å². The summed E-state index contributed by atoms with van der Waals surface area (Å²) in [6, 6.07) is 7.19. The van der Waals surface area contributed by atoms with E-state index in [4.69, 9.17) is 13.9 Å². The molecule has 0 aliphatic carbocycles. The molecule has 0 radical (unpaired) electrons. The Morgan fingerprint density at radius 1 is 1.08 bits per heavy atom. The summed E-state index contributed by atoms with van der Waals surface area (Å²) in [4.78, 5) is 22.2. The number of aliphatic hydroxyl groups is 3. The van der Waals surface area contributed by atoms with Crippen molar-refractivity contribution in [2.45, 2.75) is 30.7 Å². The first-order valence-electron chi connectivity index (χ1n) is 6.98. The van der Waals surface area contributed by atoms with Crippen molar-refractivity contribution in [3.63, 3.8) is 0 Å². The fourth-order valence-electron chi connectivity index (χ4n) is 2.39. The van der Waals surface area contributed by atoms with E-state index >= 15 is 0 Å². The fraction of sp³-hybridized carbons (Fsp3) is 0.333. The van der Waals surface area contributed by atoms with Crippen molar-refractivity contribution in [3.8, 4) is 5.75 Å². The first kappa shape index (κ1) is 19.9. The van der Waals surface area contributed by atoms with Gasteiger partial charge in [0.05, 0.1) is 5.97 Å². The maximum atomic E-state index is 11.2. The topological polar surface area (TPSA) is 149 Å². The van der Waals surface area contributed by atoms with Gasteiger partial charge >= 0.3 is 35.2 Å². The second kappa shape index (κ2) is 7.83. The van der Waals surface area contributed by atoms with E-state index in [-0.39, 0.29) is 40.9 Å². The zero-order valence-electron chi connectivity index (χ0n) is 13.1. The Labute approximate surface area is 162 Å². The molecule has 1 aromatic heterocycles. The zero-order valence-corrected chi connectivity index (χ0v) is 15.1. The molecule has 0 amide bonds. The molecule has 25 heavy (non-hydrogen) atoms. The third kappa shape index (κ3) is 4.04. The summed E-state index contributed by atoms with van der Waals surface area (Å²) in [5, 5.41) is 40.7. The number of carboxylic acid groups (broad SMARTS) is 1. The molecule has 1 aliphatic heterocycles. The van der Waals surface area contributed by atoms with Crippen LogP contribution in [0.2, 0.25) is 0 Å². The summed E-state index contributed by atoms with van der Waals surface area (Å²) in [5.74, 6) is -1.66. The maximum Gasteiger partial charge on any atom is 1.00 e. The zero-order chi connectivity index (χ0) is 17.4. The van der Waals surface area contributed by atoms with Gasteiger partial charge in [-0.15, -0.1) is 0 Å². The van der Waals surface area contributed by atoms with E-state index < -0.39 is 42.3 Å². The van der Waals surface area contributed by atoms with Gasteiger partial charge in [0.25, 0.3) is 0 Å². The van der Waals surface area contributed by atoms with Crippen LogP contribution in [0, 0.1) is 0 Å². The van der Waals surface area contributed by atoms with Crippen LogP contribution < -0.4 is 45.0 Å². The van der Waals surface area contributed by atoms with Crippen LogP contribution in [0.25, 0.3) is 11.0 Å². The summed E-state index contributed by atoms with van der Waals surface area (Å²) >= 11 is 0. The number of ether oxygens (including phenoxy) is 2. The minimum atomic E-state index is -1.87. The van der Waals surface area contributed by atoms with E-state index in [0.29, 0.717) is 5.39 Å². The van der Waals surface area contributed by atoms with Crippen LogP contribution >= 0.6 is 0 Å². The van der Waals surface area contributed by atoms with Gasteiger partial charge in [0, 0.05) is 17.5 Å². The van der Waals surface area contributed by atoms with Gasteiger partial charge in [-0.2, -0.15) is 0 Å². The molecule has 9 nitrogen and oxygen atoms in total. The van der Waals surface area contributed by atoms with E-state index in [9.17, 15) is 30.0 Å². The number of hydrogen-bond acceptors (Lipinski definition) is 9. The quantitative estimate of drug-likeness (QED) is 0.360. The normalized spacial score (nSPS) is 29.0. The molecule has 5 atom stereocenters. The van der Waals surface area contributed by atoms with Crippen molar-refractivity contribution < 1.29 is 68.7 Å². The molecule has 128 valence electrons. The largest absolute Gasteiger partial charge is 1.00 e. The molecule has 1 fully saturated rings. The number of carbonyl (C=O) groups is 1. The molecule has 1 aromatic carbocycles. The molecule has 1 saturated heterocycles. The van der Waals surface area contributed by atoms with Crippen LogP contribution in [-0.2, 0) is 9.53 Å². The van der Waals surface area contributed by atoms with E-state index in [0.717, 1.165) is 0 Å². The number of rotatable bonds is 3. The fourth-order valence-corrected chi connectivity index (χ4v) is 2.39. The first-order valence-corrected chi connectivity index (χ1v) is 6.98. The van der Waals surface area contributed by atoms with Crippen LogP contribution in [-0.4, -0.2) is 52.0 Å². The standard InChI is InChI=1S/C15H14O9.Na/c16-9-4-2-6-1-3-7(5-8(6)23-9)22-15-12(19)10(17)11(18)13(24-15)14(20)21;/h1-5,10-13,15,17-19H,(H,20,21);/q;+1/p-1/t10?,11-,12?,13?,15+;/m1./s1. The van der Waals surface area contributed by atoms with Crippen molar-refractivity contribution >= 4 is 16.9 Å². The first-order chi connectivity index (χ1) is 11.4. The molecule has 3 unspecified atom stereocenters. The van der Waals surface area contributed by atoms with Gasteiger partial charge in [-0.05, 0) is 18.2 Å². The number of carbonyl (C=O) groups excluding carboxylic acids is 1. The average molecular weight is 360 g/mol. The van der Waals surface area contributed by atoms with Gasteiger partial charge in [-0.25, -0.2) is 4.79 Å². The Morgan fingerprint density at radius 2 is 1.76 bits per heavy atom. The number of aliphatic carboxylic acids is 1. The average Bonchev–Trinajstić information content (AvgIpc) is 2.54. The number of aliphatic hydroxyl groups excluding tert-OH is 3. The minimum Gasteiger partial charge on any atom is -0.547 e. The van der Waals surface area contributed by atoms with Gasteiger partial charge in [0.1, 0.15) is 35.7 Å². The summed E-state index contributed by atoms with van der Waals surface area (Å²) in [6.07, 6.45) is -8.80. The van der Waals surface area contributed by atoms with Crippen molar-refractivity contribution in [1.29, 1.82) is 0 Å². The smallest absolute Gasteiger partial charge is 0.547 e. The number of carboxylic acids is 1. The Kier molecular flexibility index (Phi) is 6.22. The van der Waals surface area contributed by atoms with Gasteiger partial charge < -0.3 is 39.1 Å². The third-order valence-electron chi connectivity index (χ3n) is 3.65. The molecule has 1 aliphatic rings. The number of fused-ring (bicyclic) bond motifs is 1. The monoisotopic (exact) mass is 360 g/mol. The molecule has 3 N–H and O–H groups in total. The van der Waals surface area contributed by atoms with Crippen LogP contribution in [0.5, 0.6) is 5.75 Å². The Balaban J connectivity index is 0.00000225. The van der Waals surface area contributed by atoms with Crippen LogP contribution in [0.4, 0.5) is 0 Å². The molecule has 2 aromatic rings. The van der Waals surface area contributed by atoms with Gasteiger partial charge in [0.15, 0.2) is 0 Å².